The van der Waals surface area contributed by atoms with E-state index in [4.69, 9.17) is 8.85 Å². The Morgan fingerprint density at radius 3 is 1.53 bits per heavy atom. The Kier molecular flexibility index (Phi) is 8.38. The van der Waals surface area contributed by atoms with Crippen molar-refractivity contribution < 1.29 is 8.85 Å². The highest BCUT2D eigenvalue weighted by molar-refractivity contribution is 6.44. The van der Waals surface area contributed by atoms with E-state index in [0.717, 1.165) is 18.9 Å². The smallest absolute Gasteiger partial charge is 0.322 e. The van der Waals surface area contributed by atoms with Gasteiger partial charge in [-0.15, -0.1) is 0 Å². The lowest BCUT2D eigenvalue weighted by molar-refractivity contribution is 0.108. The summed E-state index contributed by atoms with van der Waals surface area (Å²) in [6.07, 6.45) is 2.85. The van der Waals surface area contributed by atoms with E-state index in [1.165, 1.54) is 0 Å². The van der Waals surface area contributed by atoms with E-state index in [1.807, 2.05) is 0 Å². The van der Waals surface area contributed by atoms with Crippen molar-refractivity contribution in [2.75, 3.05) is 0 Å². The maximum absolute atomic E-state index is 6.00. The van der Waals surface area contributed by atoms with Crippen molar-refractivity contribution in [3.63, 3.8) is 0 Å². The minimum absolute atomic E-state index is 0.351. The van der Waals surface area contributed by atoms with Crippen molar-refractivity contribution in [2.45, 2.75) is 72.6 Å². The van der Waals surface area contributed by atoms with Crippen LogP contribution in [-0.4, -0.2) is 21.5 Å². The first-order valence-corrected chi connectivity index (χ1v) is 8.06. The molecule has 92 valence electrons. The predicted octanol–water partition coefficient (Wildman–Crippen LogP) is 3.49. The molecule has 0 aromatic rings. The lowest BCUT2D eigenvalue weighted by atomic mass is 10.3. The van der Waals surface area contributed by atoms with E-state index in [0.29, 0.717) is 18.1 Å². The number of hydrogen-bond donors (Lipinski definition) is 0. The average molecular weight is 232 g/mol. The van der Waals surface area contributed by atoms with Crippen molar-refractivity contribution in [2.24, 2.45) is 5.92 Å². The molecule has 0 aliphatic heterocycles. The van der Waals surface area contributed by atoms with Crippen LogP contribution in [0.25, 0.3) is 0 Å². The van der Waals surface area contributed by atoms with Crippen LogP contribution in [0.2, 0.25) is 6.04 Å². The molecule has 0 amide bonds. The largest absolute Gasteiger partial charge is 0.394 e. The van der Waals surface area contributed by atoms with Gasteiger partial charge in [0, 0.05) is 12.2 Å². The van der Waals surface area contributed by atoms with Gasteiger partial charge in [0.05, 0.1) is 0 Å². The summed E-state index contributed by atoms with van der Waals surface area (Å²) in [5.41, 5.74) is 0. The summed E-state index contributed by atoms with van der Waals surface area (Å²) >= 11 is 0. The van der Waals surface area contributed by atoms with E-state index in [1.54, 1.807) is 0 Å². The van der Waals surface area contributed by atoms with Crippen molar-refractivity contribution in [3.8, 4) is 0 Å². The second-order valence-corrected chi connectivity index (χ2v) is 6.64. The van der Waals surface area contributed by atoms with Gasteiger partial charge in [0.25, 0.3) is 0 Å². The van der Waals surface area contributed by atoms with Crippen molar-refractivity contribution in [1.29, 1.82) is 0 Å². The highest BCUT2D eigenvalue weighted by Crippen LogP contribution is 2.13. The van der Waals surface area contributed by atoms with Gasteiger partial charge in [-0.3, -0.25) is 0 Å². The van der Waals surface area contributed by atoms with Crippen LogP contribution in [0.3, 0.4) is 0 Å². The molecule has 0 spiro atoms. The van der Waals surface area contributed by atoms with Gasteiger partial charge in [-0.1, -0.05) is 27.7 Å². The van der Waals surface area contributed by atoms with E-state index in [2.05, 4.69) is 41.5 Å². The zero-order chi connectivity index (χ0) is 11.8. The average Bonchev–Trinajstić information content (AvgIpc) is 2.16. The van der Waals surface area contributed by atoms with Crippen LogP contribution in [-0.2, 0) is 8.85 Å². The van der Waals surface area contributed by atoms with E-state index >= 15 is 0 Å². The van der Waals surface area contributed by atoms with Crippen LogP contribution >= 0.6 is 0 Å². The highest BCUT2D eigenvalue weighted by atomic mass is 28.3. The maximum Gasteiger partial charge on any atom is 0.322 e. The molecular weight excluding hydrogens is 204 g/mol. The van der Waals surface area contributed by atoms with Gasteiger partial charge in [-0.05, 0) is 38.7 Å². The summed E-state index contributed by atoms with van der Waals surface area (Å²) in [6.45, 7) is 13.1. The monoisotopic (exact) mass is 232 g/mol. The molecule has 0 bridgehead atoms. The molecule has 0 aromatic heterocycles. The summed E-state index contributed by atoms with van der Waals surface area (Å²) in [6, 6.07) is 1.12. The summed E-state index contributed by atoms with van der Waals surface area (Å²) < 4.78 is 12.0. The fourth-order valence-electron chi connectivity index (χ4n) is 1.24. The first kappa shape index (κ1) is 15.1. The van der Waals surface area contributed by atoms with Gasteiger partial charge in [-0.2, -0.15) is 0 Å². The predicted molar refractivity (Wildman–Crippen MR) is 68.5 cm³/mol. The van der Waals surface area contributed by atoms with E-state index in [-0.39, 0.29) is 0 Å². The second-order valence-electron chi connectivity index (χ2n) is 4.77. The molecule has 2 nitrogen and oxygen atoms in total. The topological polar surface area (TPSA) is 18.5 Å². The Morgan fingerprint density at radius 2 is 1.27 bits per heavy atom. The minimum Gasteiger partial charge on any atom is -0.394 e. The van der Waals surface area contributed by atoms with Gasteiger partial charge < -0.3 is 8.85 Å². The minimum atomic E-state index is -1.44. The molecular formula is C12H28O2Si. The molecule has 0 saturated carbocycles. The maximum atomic E-state index is 6.00. The Bertz CT molecular complexity index is 139. The second kappa shape index (κ2) is 8.31. The molecule has 0 aliphatic rings. The van der Waals surface area contributed by atoms with E-state index in [9.17, 15) is 0 Å². The number of rotatable bonds is 8. The van der Waals surface area contributed by atoms with Gasteiger partial charge in [-0.25, -0.2) is 0 Å². The molecule has 15 heavy (non-hydrogen) atoms. The normalized spacial score (nSPS) is 17.8. The third-order valence-electron chi connectivity index (χ3n) is 2.58. The van der Waals surface area contributed by atoms with Gasteiger partial charge >= 0.3 is 9.28 Å². The lowest BCUT2D eigenvalue weighted by Crippen LogP contribution is -2.32. The molecule has 0 N–H and O–H groups in total. The molecule has 0 aliphatic carbocycles. The summed E-state index contributed by atoms with van der Waals surface area (Å²) in [4.78, 5) is 0. The zero-order valence-corrected chi connectivity index (χ0v) is 12.4. The van der Waals surface area contributed by atoms with Gasteiger partial charge in [0.2, 0.25) is 0 Å². The van der Waals surface area contributed by atoms with Crippen LogP contribution in [0.1, 0.15) is 54.4 Å². The Balaban J connectivity index is 4.05. The van der Waals surface area contributed by atoms with Crippen molar-refractivity contribution in [1.82, 2.24) is 0 Å². The Morgan fingerprint density at radius 1 is 0.867 bits per heavy atom. The van der Waals surface area contributed by atoms with Crippen LogP contribution in [0.4, 0.5) is 0 Å². The standard InChI is InChI=1S/C12H28O2Si/c1-7-11(5)13-15(9-10(3)4)14-12(6)8-2/h10-12,15H,7-9H2,1-6H3. The molecule has 0 heterocycles. The fourth-order valence-corrected chi connectivity index (χ4v) is 3.72. The van der Waals surface area contributed by atoms with Crippen molar-refractivity contribution >= 4 is 9.28 Å². The van der Waals surface area contributed by atoms with E-state index < -0.39 is 9.28 Å². The molecule has 3 heteroatoms. The summed E-state index contributed by atoms with van der Waals surface area (Å²) in [7, 11) is -1.44. The summed E-state index contributed by atoms with van der Waals surface area (Å²) in [5.74, 6) is 0.676. The van der Waals surface area contributed by atoms with Crippen LogP contribution in [0.15, 0.2) is 0 Å². The molecule has 0 rings (SSSR count). The molecule has 0 saturated heterocycles. The third kappa shape index (κ3) is 8.00. The number of hydrogen-bond acceptors (Lipinski definition) is 2. The van der Waals surface area contributed by atoms with Crippen LogP contribution < -0.4 is 0 Å². The third-order valence-corrected chi connectivity index (χ3v) is 5.45. The van der Waals surface area contributed by atoms with Crippen molar-refractivity contribution in [3.05, 3.63) is 0 Å². The fraction of sp³-hybridized carbons (Fsp3) is 1.00. The zero-order valence-electron chi connectivity index (χ0n) is 11.2. The molecule has 0 aromatic carbocycles. The molecule has 2 atom stereocenters. The Hall–Kier alpha value is 0.137. The van der Waals surface area contributed by atoms with Crippen LogP contribution in [0, 0.1) is 5.92 Å². The molecule has 0 fully saturated rings. The highest BCUT2D eigenvalue weighted by Gasteiger charge is 2.20. The van der Waals surface area contributed by atoms with Crippen LogP contribution in [0.5, 0.6) is 0 Å². The SMILES string of the molecule is CCC(C)O[SiH](CC(C)C)OC(C)CC. The first-order chi connectivity index (χ1) is 6.99. The summed E-state index contributed by atoms with van der Waals surface area (Å²) in [5, 5.41) is 0. The first-order valence-electron chi connectivity index (χ1n) is 6.30. The molecule has 2 unspecified atom stereocenters. The van der Waals surface area contributed by atoms with Gasteiger partial charge in [0.15, 0.2) is 0 Å². The molecule has 0 radical (unpaired) electrons. The quantitative estimate of drug-likeness (QED) is 0.596. The Labute approximate surface area is 97.2 Å². The van der Waals surface area contributed by atoms with Gasteiger partial charge in [0.1, 0.15) is 0 Å². The lowest BCUT2D eigenvalue weighted by Gasteiger charge is -2.24.